The number of likely N-dealkylation sites (N-methyl/N-ethyl adjacent to an activating group) is 1. The van der Waals surface area contributed by atoms with E-state index in [2.05, 4.69) is 15.9 Å². The molecule has 27 heavy (non-hydrogen) atoms. The molecule has 0 spiro atoms. The van der Waals surface area contributed by atoms with Gasteiger partial charge in [-0.25, -0.2) is 0 Å². The molecule has 0 aromatic heterocycles. The lowest BCUT2D eigenvalue weighted by atomic mass is 10.1. The molecule has 0 radical (unpaired) electrons. The zero-order valence-electron chi connectivity index (χ0n) is 15.3. The van der Waals surface area contributed by atoms with Crippen LogP contribution in [-0.4, -0.2) is 17.9 Å². The third kappa shape index (κ3) is 5.69. The highest BCUT2D eigenvalue weighted by Crippen LogP contribution is 2.18. The summed E-state index contributed by atoms with van der Waals surface area (Å²) in [5.74, 6) is 0.889. The van der Waals surface area contributed by atoms with Gasteiger partial charge in [0.15, 0.2) is 0 Å². The monoisotopic (exact) mass is 423 g/mol. The molecule has 0 bridgehead atoms. The zero-order valence-corrected chi connectivity index (χ0v) is 16.9. The fraction of sp³-hybridized carbons (Fsp3) is 0.174. The van der Waals surface area contributed by atoms with Gasteiger partial charge in [-0.05, 0) is 34.9 Å². The van der Waals surface area contributed by atoms with E-state index in [1.807, 2.05) is 85.9 Å². The number of rotatable bonds is 7. The smallest absolute Gasteiger partial charge is 0.227 e. The second-order valence-electron chi connectivity index (χ2n) is 6.44. The Morgan fingerprint density at radius 3 is 2.26 bits per heavy atom. The first-order chi connectivity index (χ1) is 13.1. The Morgan fingerprint density at radius 1 is 0.889 bits per heavy atom. The van der Waals surface area contributed by atoms with Crippen molar-refractivity contribution in [2.45, 2.75) is 19.6 Å². The maximum absolute atomic E-state index is 12.5. The van der Waals surface area contributed by atoms with E-state index in [0.717, 1.165) is 26.9 Å². The van der Waals surface area contributed by atoms with Gasteiger partial charge in [-0.1, -0.05) is 76.6 Å². The van der Waals surface area contributed by atoms with Crippen molar-refractivity contribution in [2.75, 3.05) is 7.05 Å². The molecule has 4 heteroatoms. The highest BCUT2D eigenvalue weighted by atomic mass is 79.9. The van der Waals surface area contributed by atoms with Crippen molar-refractivity contribution in [1.29, 1.82) is 0 Å². The van der Waals surface area contributed by atoms with E-state index in [0.29, 0.717) is 19.6 Å². The summed E-state index contributed by atoms with van der Waals surface area (Å²) in [4.78, 5) is 14.3. The second kappa shape index (κ2) is 9.38. The van der Waals surface area contributed by atoms with Crippen LogP contribution in [0.1, 0.15) is 16.7 Å². The van der Waals surface area contributed by atoms with E-state index in [1.165, 1.54) is 0 Å². The predicted molar refractivity (Wildman–Crippen MR) is 112 cm³/mol. The fourth-order valence-corrected chi connectivity index (χ4v) is 3.13. The number of carbonyl (C=O) groups is 1. The Kier molecular flexibility index (Phi) is 6.66. The van der Waals surface area contributed by atoms with Crippen molar-refractivity contribution >= 4 is 21.8 Å². The van der Waals surface area contributed by atoms with Crippen molar-refractivity contribution < 1.29 is 9.53 Å². The molecular weight excluding hydrogens is 402 g/mol. The first-order valence-electron chi connectivity index (χ1n) is 8.85. The van der Waals surface area contributed by atoms with Crippen molar-refractivity contribution in [3.8, 4) is 5.75 Å². The molecule has 138 valence electrons. The molecule has 3 rings (SSSR count). The van der Waals surface area contributed by atoms with Gasteiger partial charge in [0.2, 0.25) is 5.91 Å². The van der Waals surface area contributed by atoms with Crippen LogP contribution in [0.4, 0.5) is 0 Å². The molecule has 3 aromatic rings. The van der Waals surface area contributed by atoms with Gasteiger partial charge in [0.1, 0.15) is 12.4 Å². The minimum atomic E-state index is 0.0868. The van der Waals surface area contributed by atoms with Crippen LogP contribution in [-0.2, 0) is 24.4 Å². The molecule has 0 saturated carbocycles. The van der Waals surface area contributed by atoms with E-state index in [-0.39, 0.29) is 5.91 Å². The van der Waals surface area contributed by atoms with Gasteiger partial charge in [0.05, 0.1) is 6.42 Å². The van der Waals surface area contributed by atoms with Crippen LogP contribution in [0.25, 0.3) is 0 Å². The molecule has 0 atom stereocenters. The maximum Gasteiger partial charge on any atom is 0.227 e. The number of carbonyl (C=O) groups excluding carboxylic acids is 1. The van der Waals surface area contributed by atoms with Crippen molar-refractivity contribution in [2.24, 2.45) is 0 Å². The number of nitrogens with zero attached hydrogens (tertiary/aromatic N) is 1. The summed E-state index contributed by atoms with van der Waals surface area (Å²) in [6, 6.07) is 25.7. The fourth-order valence-electron chi connectivity index (χ4n) is 2.72. The summed E-state index contributed by atoms with van der Waals surface area (Å²) >= 11 is 3.53. The van der Waals surface area contributed by atoms with Gasteiger partial charge >= 0.3 is 0 Å². The van der Waals surface area contributed by atoms with Crippen molar-refractivity contribution in [1.82, 2.24) is 4.90 Å². The second-order valence-corrected chi connectivity index (χ2v) is 7.29. The lowest BCUT2D eigenvalue weighted by Gasteiger charge is -2.18. The molecule has 0 fully saturated rings. The Labute approximate surface area is 168 Å². The standard InChI is InChI=1S/C23H22BrNO2/c1-25(16-20-9-5-6-10-22(20)24)23(26)15-18-11-13-21(14-12-18)27-17-19-7-3-2-4-8-19/h2-14H,15-17H2,1H3. The Bertz CT molecular complexity index is 878. The van der Waals surface area contributed by atoms with E-state index in [9.17, 15) is 4.79 Å². The normalized spacial score (nSPS) is 10.4. The van der Waals surface area contributed by atoms with Gasteiger partial charge in [-0.3, -0.25) is 4.79 Å². The Hall–Kier alpha value is -2.59. The number of ether oxygens (including phenoxy) is 1. The summed E-state index contributed by atoms with van der Waals surface area (Å²) in [6.45, 7) is 1.12. The minimum Gasteiger partial charge on any atom is -0.489 e. The molecule has 3 nitrogen and oxygen atoms in total. The van der Waals surface area contributed by atoms with E-state index < -0.39 is 0 Å². The first-order valence-corrected chi connectivity index (χ1v) is 9.64. The number of benzene rings is 3. The van der Waals surface area contributed by atoms with Gasteiger partial charge in [0.25, 0.3) is 0 Å². The van der Waals surface area contributed by atoms with Gasteiger partial charge in [-0.15, -0.1) is 0 Å². The van der Waals surface area contributed by atoms with Gasteiger partial charge in [0, 0.05) is 18.1 Å². The van der Waals surface area contributed by atoms with E-state index >= 15 is 0 Å². The lowest BCUT2D eigenvalue weighted by molar-refractivity contribution is -0.129. The average molecular weight is 424 g/mol. The van der Waals surface area contributed by atoms with Crippen LogP contribution < -0.4 is 4.74 Å². The topological polar surface area (TPSA) is 29.5 Å². The van der Waals surface area contributed by atoms with Crippen LogP contribution in [0.2, 0.25) is 0 Å². The van der Waals surface area contributed by atoms with E-state index in [1.54, 1.807) is 4.90 Å². The molecule has 3 aromatic carbocycles. The number of amides is 1. The Balaban J connectivity index is 1.52. The summed E-state index contributed by atoms with van der Waals surface area (Å²) < 4.78 is 6.81. The van der Waals surface area contributed by atoms with Crippen LogP contribution in [0.15, 0.2) is 83.3 Å². The average Bonchev–Trinajstić information content (AvgIpc) is 2.70. The molecule has 0 saturated heterocycles. The SMILES string of the molecule is CN(Cc1ccccc1Br)C(=O)Cc1ccc(OCc2ccccc2)cc1. The highest BCUT2D eigenvalue weighted by Gasteiger charge is 2.11. The quantitative estimate of drug-likeness (QED) is 0.520. The molecule has 0 aliphatic carbocycles. The molecule has 0 aliphatic rings. The Morgan fingerprint density at radius 2 is 1.56 bits per heavy atom. The van der Waals surface area contributed by atoms with Crippen molar-refractivity contribution in [3.05, 3.63) is 100 Å². The summed E-state index contributed by atoms with van der Waals surface area (Å²) in [7, 11) is 1.83. The molecular formula is C23H22BrNO2. The van der Waals surface area contributed by atoms with E-state index in [4.69, 9.17) is 4.74 Å². The number of halogens is 1. The zero-order chi connectivity index (χ0) is 19.1. The molecule has 0 N–H and O–H groups in total. The third-order valence-corrected chi connectivity index (χ3v) is 5.09. The van der Waals surface area contributed by atoms with Crippen LogP contribution in [0.5, 0.6) is 5.75 Å². The summed E-state index contributed by atoms with van der Waals surface area (Å²) in [5.41, 5.74) is 3.20. The number of hydrogen-bond donors (Lipinski definition) is 0. The van der Waals surface area contributed by atoms with Crippen LogP contribution in [0.3, 0.4) is 0 Å². The van der Waals surface area contributed by atoms with Crippen molar-refractivity contribution in [3.63, 3.8) is 0 Å². The molecule has 0 heterocycles. The largest absolute Gasteiger partial charge is 0.489 e. The maximum atomic E-state index is 12.5. The number of hydrogen-bond acceptors (Lipinski definition) is 2. The van der Waals surface area contributed by atoms with Crippen LogP contribution >= 0.6 is 15.9 Å². The predicted octanol–water partition coefficient (Wildman–Crippen LogP) is 5.23. The molecule has 0 unspecified atom stereocenters. The third-order valence-electron chi connectivity index (χ3n) is 4.32. The lowest BCUT2D eigenvalue weighted by Crippen LogP contribution is -2.27. The summed E-state index contributed by atoms with van der Waals surface area (Å²) in [5, 5.41) is 0. The highest BCUT2D eigenvalue weighted by molar-refractivity contribution is 9.10. The summed E-state index contributed by atoms with van der Waals surface area (Å²) in [6.07, 6.45) is 0.375. The minimum absolute atomic E-state index is 0.0868. The molecule has 1 amide bonds. The van der Waals surface area contributed by atoms with Gasteiger partial charge in [-0.2, -0.15) is 0 Å². The first kappa shape index (κ1) is 19.2. The molecule has 0 aliphatic heterocycles. The van der Waals surface area contributed by atoms with Gasteiger partial charge < -0.3 is 9.64 Å². The van der Waals surface area contributed by atoms with Crippen LogP contribution in [0, 0.1) is 0 Å².